The zero-order valence-electron chi connectivity index (χ0n) is 18.0. The highest BCUT2D eigenvalue weighted by Crippen LogP contribution is 2.18. The van der Waals surface area contributed by atoms with Gasteiger partial charge in [-0.2, -0.15) is 0 Å². The maximum absolute atomic E-state index is 2.81. The minimum absolute atomic E-state index is 0.646. The van der Waals surface area contributed by atoms with Crippen molar-refractivity contribution in [2.45, 2.75) is 123 Å². The van der Waals surface area contributed by atoms with Crippen LogP contribution < -0.4 is 0 Å². The first kappa shape index (κ1) is 23.0. The van der Waals surface area contributed by atoms with Crippen LogP contribution in [0.4, 0.5) is 0 Å². The van der Waals surface area contributed by atoms with Crippen LogP contribution in [0.5, 0.6) is 0 Å². The van der Waals surface area contributed by atoms with E-state index in [1.54, 1.807) is 5.57 Å². The van der Waals surface area contributed by atoms with Crippen LogP contribution in [0.1, 0.15) is 105 Å². The summed E-state index contributed by atoms with van der Waals surface area (Å²) >= 11 is 0. The first-order valence-electron chi connectivity index (χ1n) is 11.6. The standard InChI is InChI=1S/C23H47NSi/c1-5-19-25(20-6-2)21-22(3)23(4)24-17-15-13-11-9-7-8-10-12-14-16-18-24/h21,23,25H,5-20H2,1-4H3. The Kier molecular flexibility index (Phi) is 13.8. The first-order valence-corrected chi connectivity index (χ1v) is 13.9. The fourth-order valence-electron chi connectivity index (χ4n) is 4.39. The largest absolute Gasteiger partial charge is 0.297 e. The summed E-state index contributed by atoms with van der Waals surface area (Å²) in [6.07, 6.45) is 17.2. The van der Waals surface area contributed by atoms with E-state index in [1.165, 1.54) is 102 Å². The highest BCUT2D eigenvalue weighted by Gasteiger charge is 2.16. The molecule has 1 atom stereocenters. The van der Waals surface area contributed by atoms with E-state index in [4.69, 9.17) is 0 Å². The third-order valence-corrected chi connectivity index (χ3v) is 9.80. The fourth-order valence-corrected chi connectivity index (χ4v) is 7.52. The Balaban J connectivity index is 2.62. The van der Waals surface area contributed by atoms with Crippen molar-refractivity contribution in [3.63, 3.8) is 0 Å². The van der Waals surface area contributed by atoms with Gasteiger partial charge in [-0.3, -0.25) is 4.90 Å². The molecule has 148 valence electrons. The molecule has 0 aromatic heterocycles. The summed E-state index contributed by atoms with van der Waals surface area (Å²) < 4.78 is 0. The zero-order valence-corrected chi connectivity index (χ0v) is 19.1. The molecule has 0 saturated carbocycles. The van der Waals surface area contributed by atoms with Crippen molar-refractivity contribution >= 4 is 8.80 Å². The summed E-state index contributed by atoms with van der Waals surface area (Å²) in [5.74, 6) is 0. The lowest BCUT2D eigenvalue weighted by Gasteiger charge is -2.31. The van der Waals surface area contributed by atoms with E-state index >= 15 is 0 Å². The van der Waals surface area contributed by atoms with Gasteiger partial charge in [0.15, 0.2) is 0 Å². The highest BCUT2D eigenvalue weighted by molar-refractivity contribution is 6.64. The van der Waals surface area contributed by atoms with Gasteiger partial charge in [0.1, 0.15) is 0 Å². The lowest BCUT2D eigenvalue weighted by atomic mass is 10.1. The highest BCUT2D eigenvalue weighted by atomic mass is 28.3. The Morgan fingerprint density at radius 3 is 1.60 bits per heavy atom. The molecule has 1 unspecified atom stereocenters. The molecule has 0 bridgehead atoms. The topological polar surface area (TPSA) is 3.24 Å². The monoisotopic (exact) mass is 365 g/mol. The normalized spacial score (nSPS) is 21.4. The molecule has 0 N–H and O–H groups in total. The van der Waals surface area contributed by atoms with Gasteiger partial charge in [-0.1, -0.05) is 101 Å². The number of nitrogens with zero attached hydrogens (tertiary/aromatic N) is 1. The van der Waals surface area contributed by atoms with Crippen LogP contribution in [0.15, 0.2) is 11.3 Å². The maximum Gasteiger partial charge on any atom is 0.0615 e. The van der Waals surface area contributed by atoms with Gasteiger partial charge >= 0.3 is 0 Å². The molecule has 1 aliphatic rings. The van der Waals surface area contributed by atoms with Crippen molar-refractivity contribution in [2.24, 2.45) is 0 Å². The molecule has 1 fully saturated rings. The molecule has 25 heavy (non-hydrogen) atoms. The second-order valence-corrected chi connectivity index (χ2v) is 11.5. The predicted octanol–water partition coefficient (Wildman–Crippen LogP) is 7.12. The number of hydrogen-bond acceptors (Lipinski definition) is 1. The van der Waals surface area contributed by atoms with Crippen LogP contribution in [-0.4, -0.2) is 32.8 Å². The van der Waals surface area contributed by atoms with Crippen molar-refractivity contribution in [2.75, 3.05) is 13.1 Å². The second kappa shape index (κ2) is 15.0. The Labute approximate surface area is 161 Å². The number of hydrogen-bond donors (Lipinski definition) is 0. The molecule has 1 rings (SSSR count). The summed E-state index contributed by atoms with van der Waals surface area (Å²) in [6, 6.07) is 3.66. The van der Waals surface area contributed by atoms with E-state index < -0.39 is 8.80 Å². The molecule has 0 radical (unpaired) electrons. The molecule has 1 nitrogen and oxygen atoms in total. The van der Waals surface area contributed by atoms with Crippen molar-refractivity contribution in [1.29, 1.82) is 0 Å². The Morgan fingerprint density at radius 1 is 0.800 bits per heavy atom. The molecule has 0 spiro atoms. The molecule has 0 amide bonds. The fraction of sp³-hybridized carbons (Fsp3) is 0.913. The van der Waals surface area contributed by atoms with Gasteiger partial charge in [0.2, 0.25) is 0 Å². The molecule has 0 aromatic carbocycles. The van der Waals surface area contributed by atoms with E-state index in [1.807, 2.05) is 0 Å². The van der Waals surface area contributed by atoms with Gasteiger partial charge in [0, 0.05) is 6.04 Å². The van der Waals surface area contributed by atoms with Crippen molar-refractivity contribution in [3.05, 3.63) is 11.3 Å². The zero-order chi connectivity index (χ0) is 18.3. The summed E-state index contributed by atoms with van der Waals surface area (Å²) in [4.78, 5) is 2.81. The van der Waals surface area contributed by atoms with Gasteiger partial charge in [-0.25, -0.2) is 0 Å². The van der Waals surface area contributed by atoms with Gasteiger partial charge in [-0.15, -0.1) is 0 Å². The van der Waals surface area contributed by atoms with E-state index in [9.17, 15) is 0 Å². The van der Waals surface area contributed by atoms with Crippen LogP contribution >= 0.6 is 0 Å². The summed E-state index contributed by atoms with van der Waals surface area (Å²) in [6.45, 7) is 12.3. The quantitative estimate of drug-likeness (QED) is 0.434. The van der Waals surface area contributed by atoms with E-state index in [-0.39, 0.29) is 0 Å². The first-order chi connectivity index (χ1) is 12.2. The minimum Gasteiger partial charge on any atom is -0.297 e. The smallest absolute Gasteiger partial charge is 0.0615 e. The lowest BCUT2D eigenvalue weighted by molar-refractivity contribution is 0.223. The Bertz CT molecular complexity index is 319. The molecule has 1 heterocycles. The van der Waals surface area contributed by atoms with E-state index in [2.05, 4.69) is 38.3 Å². The summed E-state index contributed by atoms with van der Waals surface area (Å²) in [5, 5.41) is 0. The van der Waals surface area contributed by atoms with Crippen LogP contribution in [0.3, 0.4) is 0 Å². The van der Waals surface area contributed by atoms with E-state index in [0.717, 1.165) is 0 Å². The van der Waals surface area contributed by atoms with Crippen LogP contribution in [0.2, 0.25) is 12.1 Å². The average molecular weight is 366 g/mol. The van der Waals surface area contributed by atoms with Crippen molar-refractivity contribution in [1.82, 2.24) is 4.90 Å². The van der Waals surface area contributed by atoms with Gasteiger partial charge in [0.05, 0.1) is 8.80 Å². The van der Waals surface area contributed by atoms with Crippen LogP contribution in [0, 0.1) is 0 Å². The summed E-state index contributed by atoms with van der Waals surface area (Å²) in [7, 11) is -0.646. The molecular weight excluding hydrogens is 318 g/mol. The molecule has 1 aliphatic heterocycles. The van der Waals surface area contributed by atoms with Crippen molar-refractivity contribution < 1.29 is 0 Å². The number of rotatable bonds is 7. The van der Waals surface area contributed by atoms with Crippen LogP contribution in [-0.2, 0) is 0 Å². The molecule has 0 aromatic rings. The molecule has 1 saturated heterocycles. The maximum atomic E-state index is 2.81. The van der Waals surface area contributed by atoms with Gasteiger partial charge in [-0.05, 0) is 39.8 Å². The Hall–Kier alpha value is -0.0831. The second-order valence-electron chi connectivity index (χ2n) is 8.50. The van der Waals surface area contributed by atoms with Crippen molar-refractivity contribution in [3.8, 4) is 0 Å². The van der Waals surface area contributed by atoms with Gasteiger partial charge < -0.3 is 0 Å². The SMILES string of the molecule is CCC[SiH](C=C(C)C(C)N1CCCCCCCCCCCC1)CCC. The average Bonchev–Trinajstić information content (AvgIpc) is 2.62. The van der Waals surface area contributed by atoms with Gasteiger partial charge in [0.25, 0.3) is 0 Å². The van der Waals surface area contributed by atoms with E-state index in [0.29, 0.717) is 6.04 Å². The summed E-state index contributed by atoms with van der Waals surface area (Å²) in [5.41, 5.74) is 4.45. The third kappa shape index (κ3) is 10.6. The predicted molar refractivity (Wildman–Crippen MR) is 118 cm³/mol. The molecule has 2 heteroatoms. The Morgan fingerprint density at radius 2 is 1.20 bits per heavy atom. The molecular formula is C23H47NSi. The third-order valence-electron chi connectivity index (χ3n) is 6.16. The minimum atomic E-state index is -0.646. The lowest BCUT2D eigenvalue weighted by Crippen LogP contribution is -2.36. The molecule has 0 aliphatic carbocycles. The van der Waals surface area contributed by atoms with Crippen LogP contribution in [0.25, 0.3) is 0 Å².